The highest BCUT2D eigenvalue weighted by Crippen LogP contribution is 2.23. The molecule has 3 heterocycles. The molecule has 0 atom stereocenters. The van der Waals surface area contributed by atoms with Crippen LogP contribution in [0.3, 0.4) is 0 Å². The van der Waals surface area contributed by atoms with Crippen molar-refractivity contribution in [1.29, 1.82) is 0 Å². The van der Waals surface area contributed by atoms with Crippen LogP contribution in [0, 0.1) is 0 Å². The lowest BCUT2D eigenvalue weighted by atomic mass is 10.2. The topological polar surface area (TPSA) is 78.1 Å². The molecule has 4 rings (SSSR count). The number of fused-ring (bicyclic) bond motifs is 1. The van der Waals surface area contributed by atoms with Gasteiger partial charge >= 0.3 is 5.97 Å². The van der Waals surface area contributed by atoms with Gasteiger partial charge in [0.1, 0.15) is 11.6 Å². The molecule has 0 aliphatic heterocycles. The van der Waals surface area contributed by atoms with E-state index in [1.165, 1.54) is 0 Å². The Kier molecular flexibility index (Phi) is 5.03. The van der Waals surface area contributed by atoms with Crippen molar-refractivity contribution in [3.05, 3.63) is 52.7 Å². The fraction of sp³-hybridized carbons (Fsp3) is 0.222. The minimum atomic E-state index is -0.248. The highest BCUT2D eigenvalue weighted by atomic mass is 32.1. The number of thiophene rings is 1. The largest absolute Gasteiger partial charge is 0.458 e. The summed E-state index contributed by atoms with van der Waals surface area (Å²) in [5, 5.41) is 6.72. The summed E-state index contributed by atoms with van der Waals surface area (Å²) in [4.78, 5) is 21.7. The Morgan fingerprint density at radius 1 is 1.15 bits per heavy atom. The molecule has 0 spiro atoms. The van der Waals surface area contributed by atoms with Gasteiger partial charge in [-0.2, -0.15) is 4.98 Å². The number of ether oxygens (including phenoxy) is 1. The van der Waals surface area contributed by atoms with Crippen LogP contribution >= 0.6 is 22.7 Å². The Bertz CT molecular complexity index is 975. The second kappa shape index (κ2) is 7.76. The number of esters is 1. The molecule has 26 heavy (non-hydrogen) atoms. The van der Waals surface area contributed by atoms with Gasteiger partial charge in [-0.15, -0.1) is 22.7 Å². The van der Waals surface area contributed by atoms with Crippen molar-refractivity contribution >= 4 is 38.9 Å². The number of nitrogens with zero attached hydrogens (tertiary/aromatic N) is 3. The van der Waals surface area contributed by atoms with Crippen molar-refractivity contribution in [3.63, 3.8) is 0 Å². The first-order valence-corrected chi connectivity index (χ1v) is 9.84. The molecule has 0 unspecified atom stereocenters. The number of carbonyl (C=O) groups excluding carboxylic acids is 1. The lowest BCUT2D eigenvalue weighted by Crippen LogP contribution is -2.04. The first-order valence-electron chi connectivity index (χ1n) is 8.14. The quantitative estimate of drug-likeness (QED) is 0.437. The van der Waals surface area contributed by atoms with Gasteiger partial charge in [0.15, 0.2) is 0 Å². The summed E-state index contributed by atoms with van der Waals surface area (Å²) in [5.41, 5.74) is 0.932. The van der Waals surface area contributed by atoms with Crippen molar-refractivity contribution in [2.24, 2.45) is 0 Å². The second-order valence-electron chi connectivity index (χ2n) is 5.58. The molecule has 0 N–H and O–H groups in total. The first kappa shape index (κ1) is 16.9. The molecule has 0 radical (unpaired) electrons. The Labute approximate surface area is 157 Å². The van der Waals surface area contributed by atoms with E-state index in [-0.39, 0.29) is 12.6 Å². The van der Waals surface area contributed by atoms with E-state index in [9.17, 15) is 4.79 Å². The molecule has 132 valence electrons. The van der Waals surface area contributed by atoms with E-state index >= 15 is 0 Å². The Morgan fingerprint density at radius 3 is 2.92 bits per heavy atom. The highest BCUT2D eigenvalue weighted by Gasteiger charge is 2.11. The lowest BCUT2D eigenvalue weighted by Gasteiger charge is -2.01. The third kappa shape index (κ3) is 3.97. The average molecular weight is 385 g/mol. The number of aryl methyl sites for hydroxylation is 1. The first-order chi connectivity index (χ1) is 12.8. The van der Waals surface area contributed by atoms with Gasteiger partial charge in [-0.1, -0.05) is 23.4 Å². The number of benzene rings is 1. The maximum Gasteiger partial charge on any atom is 0.306 e. The molecule has 0 fully saturated rings. The Hall–Kier alpha value is -2.58. The van der Waals surface area contributed by atoms with E-state index in [0.717, 1.165) is 20.1 Å². The van der Waals surface area contributed by atoms with Crippen LogP contribution in [0.2, 0.25) is 0 Å². The molecule has 0 saturated carbocycles. The summed E-state index contributed by atoms with van der Waals surface area (Å²) >= 11 is 3.10. The summed E-state index contributed by atoms with van der Waals surface area (Å²) < 4.78 is 11.6. The zero-order valence-corrected chi connectivity index (χ0v) is 15.4. The van der Waals surface area contributed by atoms with Gasteiger partial charge in [0.2, 0.25) is 11.7 Å². The van der Waals surface area contributed by atoms with E-state index in [1.54, 1.807) is 22.7 Å². The number of rotatable bonds is 7. The summed E-state index contributed by atoms with van der Waals surface area (Å²) in [7, 11) is 0. The average Bonchev–Trinajstić information content (AvgIpc) is 3.38. The minimum Gasteiger partial charge on any atom is -0.458 e. The van der Waals surface area contributed by atoms with Crippen LogP contribution < -0.4 is 0 Å². The summed E-state index contributed by atoms with van der Waals surface area (Å²) in [5.74, 6) is 0.878. The molecule has 6 nitrogen and oxygen atoms in total. The molecular weight excluding hydrogens is 370 g/mol. The third-order valence-corrected chi connectivity index (χ3v) is 5.55. The number of aromatic nitrogens is 3. The van der Waals surface area contributed by atoms with Crippen molar-refractivity contribution < 1.29 is 14.1 Å². The number of para-hydroxylation sites is 1. The number of carbonyl (C=O) groups is 1. The fourth-order valence-electron chi connectivity index (χ4n) is 2.44. The molecule has 0 aliphatic rings. The zero-order valence-electron chi connectivity index (χ0n) is 13.8. The van der Waals surface area contributed by atoms with Gasteiger partial charge in [0.05, 0.1) is 15.1 Å². The summed E-state index contributed by atoms with van der Waals surface area (Å²) in [6.45, 7) is 0.210. The van der Waals surface area contributed by atoms with Crippen molar-refractivity contribution in [1.82, 2.24) is 15.1 Å². The number of hydrogen-bond donors (Lipinski definition) is 0. The monoisotopic (exact) mass is 385 g/mol. The standard InChI is InChI=1S/C18H15N3O3S2/c22-17(23-11-16-19-12-5-1-2-6-13(12)26-16)9-3-8-15-20-18(21-24-15)14-7-4-10-25-14/h1-2,4-7,10H,3,8-9,11H2. The normalized spacial score (nSPS) is 11.1. The number of hydrogen-bond acceptors (Lipinski definition) is 8. The predicted octanol–water partition coefficient (Wildman–Crippen LogP) is 4.47. The van der Waals surface area contributed by atoms with Gasteiger partial charge < -0.3 is 9.26 Å². The number of thiazole rings is 1. The molecule has 4 aromatic rings. The molecule has 3 aromatic heterocycles. The predicted molar refractivity (Wildman–Crippen MR) is 100.0 cm³/mol. The molecule has 8 heteroatoms. The molecule has 0 aliphatic carbocycles. The van der Waals surface area contributed by atoms with Crippen molar-refractivity contribution in [3.8, 4) is 10.7 Å². The van der Waals surface area contributed by atoms with Gasteiger partial charge in [-0.3, -0.25) is 4.79 Å². The van der Waals surface area contributed by atoms with Crippen LogP contribution in [-0.4, -0.2) is 21.1 Å². The fourth-order valence-corrected chi connectivity index (χ4v) is 3.97. The molecule has 0 saturated heterocycles. The molecule has 0 amide bonds. The van der Waals surface area contributed by atoms with Gasteiger partial charge in [-0.05, 0) is 30.0 Å². The maximum atomic E-state index is 11.9. The van der Waals surface area contributed by atoms with Gasteiger partial charge in [-0.25, -0.2) is 4.98 Å². The van der Waals surface area contributed by atoms with Crippen LogP contribution in [0.1, 0.15) is 23.7 Å². The van der Waals surface area contributed by atoms with E-state index in [4.69, 9.17) is 9.26 Å². The highest BCUT2D eigenvalue weighted by molar-refractivity contribution is 7.18. The van der Waals surface area contributed by atoms with E-state index in [1.807, 2.05) is 41.8 Å². The van der Waals surface area contributed by atoms with Crippen LogP contribution in [0.4, 0.5) is 0 Å². The zero-order chi connectivity index (χ0) is 17.8. The molecule has 0 bridgehead atoms. The van der Waals surface area contributed by atoms with Gasteiger partial charge in [0, 0.05) is 12.8 Å². The van der Waals surface area contributed by atoms with E-state index in [0.29, 0.717) is 31.0 Å². The van der Waals surface area contributed by atoms with Crippen LogP contribution in [0.5, 0.6) is 0 Å². The summed E-state index contributed by atoms with van der Waals surface area (Å²) in [6.07, 6.45) is 1.46. The second-order valence-corrected chi connectivity index (χ2v) is 7.64. The SMILES string of the molecule is O=C(CCCc1nc(-c2cccs2)no1)OCc1nc2ccccc2s1. The lowest BCUT2D eigenvalue weighted by molar-refractivity contribution is -0.145. The minimum absolute atomic E-state index is 0.210. The smallest absolute Gasteiger partial charge is 0.306 e. The van der Waals surface area contributed by atoms with Gasteiger partial charge in [0.25, 0.3) is 0 Å². The van der Waals surface area contributed by atoms with Crippen molar-refractivity contribution in [2.45, 2.75) is 25.9 Å². The maximum absolute atomic E-state index is 11.9. The third-order valence-electron chi connectivity index (χ3n) is 3.68. The molecule has 1 aromatic carbocycles. The summed E-state index contributed by atoms with van der Waals surface area (Å²) in [6, 6.07) is 11.8. The van der Waals surface area contributed by atoms with Crippen LogP contribution in [0.15, 0.2) is 46.3 Å². The van der Waals surface area contributed by atoms with Crippen LogP contribution in [0.25, 0.3) is 20.9 Å². The van der Waals surface area contributed by atoms with E-state index in [2.05, 4.69) is 15.1 Å². The Morgan fingerprint density at radius 2 is 2.08 bits per heavy atom. The Balaban J connectivity index is 1.23. The molecular formula is C18H15N3O3S2. The van der Waals surface area contributed by atoms with E-state index < -0.39 is 0 Å². The van der Waals surface area contributed by atoms with Crippen LogP contribution in [-0.2, 0) is 22.6 Å². The van der Waals surface area contributed by atoms with Crippen molar-refractivity contribution in [2.75, 3.05) is 0 Å².